The third-order valence-electron chi connectivity index (χ3n) is 4.44. The Morgan fingerprint density at radius 1 is 1.25 bits per heavy atom. The molecule has 4 aromatic rings. The van der Waals surface area contributed by atoms with Gasteiger partial charge >= 0.3 is 5.97 Å². The number of hydrogen-bond donors (Lipinski definition) is 1. The van der Waals surface area contributed by atoms with E-state index in [9.17, 15) is 9.59 Å². The Hall–Kier alpha value is -2.65. The molecule has 144 valence electrons. The van der Waals surface area contributed by atoms with Crippen molar-refractivity contribution in [2.24, 2.45) is 0 Å². The summed E-state index contributed by atoms with van der Waals surface area (Å²) >= 11 is 2.90. The second-order valence-electron chi connectivity index (χ2n) is 6.23. The summed E-state index contributed by atoms with van der Waals surface area (Å²) in [4.78, 5) is 28.7. The Morgan fingerprint density at radius 2 is 2.04 bits per heavy atom. The zero-order chi connectivity index (χ0) is 19.8. The highest BCUT2D eigenvalue weighted by molar-refractivity contribution is 7.99. The maximum Gasteiger partial charge on any atom is 0.355 e. The lowest BCUT2D eigenvalue weighted by molar-refractivity contribution is 0.0519. The van der Waals surface area contributed by atoms with Crippen LogP contribution in [0.1, 0.15) is 39.0 Å². The first-order valence-electron chi connectivity index (χ1n) is 8.76. The quantitative estimate of drug-likeness (QED) is 0.291. The van der Waals surface area contributed by atoms with Crippen molar-refractivity contribution < 1.29 is 14.3 Å². The van der Waals surface area contributed by atoms with Crippen LogP contribution >= 0.6 is 23.1 Å². The van der Waals surface area contributed by atoms with Gasteiger partial charge < -0.3 is 9.72 Å². The van der Waals surface area contributed by atoms with Crippen molar-refractivity contribution >= 4 is 50.0 Å². The fourth-order valence-corrected chi connectivity index (χ4v) is 5.07. The fraction of sp³-hybridized carbons (Fsp3) is 0.263. The number of nitrogens with zero attached hydrogens (tertiary/aromatic N) is 3. The van der Waals surface area contributed by atoms with Gasteiger partial charge in [0.1, 0.15) is 5.69 Å². The summed E-state index contributed by atoms with van der Waals surface area (Å²) < 4.78 is 8.14. The van der Waals surface area contributed by atoms with E-state index < -0.39 is 5.97 Å². The van der Waals surface area contributed by atoms with Gasteiger partial charge in [-0.05, 0) is 38.5 Å². The van der Waals surface area contributed by atoms with Gasteiger partial charge in [-0.3, -0.25) is 9.20 Å². The number of carbonyl (C=O) groups excluding carboxylic acids is 2. The Balaban J connectivity index is 1.59. The van der Waals surface area contributed by atoms with Crippen LogP contribution < -0.4 is 0 Å². The number of thiazole rings is 1. The fourth-order valence-electron chi connectivity index (χ4n) is 3.23. The summed E-state index contributed by atoms with van der Waals surface area (Å²) in [6.45, 7) is 5.58. The normalized spacial score (nSPS) is 11.4. The largest absolute Gasteiger partial charge is 0.461 e. The van der Waals surface area contributed by atoms with Crippen LogP contribution in [0, 0.1) is 13.8 Å². The Bertz CT molecular complexity index is 1200. The number of ketones is 1. The molecule has 1 aromatic carbocycles. The number of esters is 1. The SMILES string of the molecule is CCOC(=O)c1[nH]c(C)c(C(=O)CSc2nnc3sc4ccccc4n23)c1C. The molecular weight excluding hydrogens is 396 g/mol. The Labute approximate surface area is 169 Å². The lowest BCUT2D eigenvalue weighted by Gasteiger charge is -2.03. The predicted octanol–water partition coefficient (Wildman–Crippen LogP) is 4.04. The van der Waals surface area contributed by atoms with E-state index in [1.54, 1.807) is 32.1 Å². The number of aromatic nitrogens is 4. The number of thioether (sulfide) groups is 1. The first-order valence-corrected chi connectivity index (χ1v) is 10.6. The maximum absolute atomic E-state index is 12.9. The second kappa shape index (κ2) is 7.40. The van der Waals surface area contributed by atoms with Crippen LogP contribution in [0.2, 0.25) is 0 Å². The number of hydrogen-bond acceptors (Lipinski definition) is 7. The molecule has 0 bridgehead atoms. The van der Waals surface area contributed by atoms with Crippen molar-refractivity contribution in [1.82, 2.24) is 19.6 Å². The topological polar surface area (TPSA) is 89.4 Å². The number of Topliss-reactive ketones (excluding diaryl/α,β-unsaturated/α-hetero) is 1. The van der Waals surface area contributed by atoms with Gasteiger partial charge in [-0.25, -0.2) is 4.79 Å². The number of nitrogens with one attached hydrogen (secondary N) is 1. The zero-order valence-corrected chi connectivity index (χ0v) is 17.2. The highest BCUT2D eigenvalue weighted by Gasteiger charge is 2.23. The summed E-state index contributed by atoms with van der Waals surface area (Å²) in [7, 11) is 0. The molecule has 0 atom stereocenters. The van der Waals surface area contributed by atoms with Crippen molar-refractivity contribution in [2.45, 2.75) is 25.9 Å². The molecule has 4 rings (SSSR count). The summed E-state index contributed by atoms with van der Waals surface area (Å²) in [5.74, 6) is -0.311. The van der Waals surface area contributed by atoms with Crippen molar-refractivity contribution in [2.75, 3.05) is 12.4 Å². The van der Waals surface area contributed by atoms with Crippen molar-refractivity contribution in [3.8, 4) is 0 Å². The molecule has 0 aliphatic carbocycles. The summed E-state index contributed by atoms with van der Waals surface area (Å²) in [6.07, 6.45) is 0. The van der Waals surface area contributed by atoms with Crippen LogP contribution in [0.5, 0.6) is 0 Å². The van der Waals surface area contributed by atoms with Gasteiger partial charge in [0.15, 0.2) is 10.9 Å². The smallest absolute Gasteiger partial charge is 0.355 e. The minimum absolute atomic E-state index is 0.0666. The highest BCUT2D eigenvalue weighted by atomic mass is 32.2. The van der Waals surface area contributed by atoms with E-state index in [-0.39, 0.29) is 18.1 Å². The van der Waals surface area contributed by atoms with E-state index >= 15 is 0 Å². The monoisotopic (exact) mass is 414 g/mol. The van der Waals surface area contributed by atoms with E-state index in [1.807, 2.05) is 28.7 Å². The maximum atomic E-state index is 12.9. The Morgan fingerprint density at radius 3 is 2.82 bits per heavy atom. The molecule has 28 heavy (non-hydrogen) atoms. The van der Waals surface area contributed by atoms with Gasteiger partial charge in [0.25, 0.3) is 0 Å². The number of benzene rings is 1. The third kappa shape index (κ3) is 3.10. The molecule has 0 aliphatic rings. The van der Waals surface area contributed by atoms with E-state index in [1.165, 1.54) is 11.8 Å². The van der Waals surface area contributed by atoms with E-state index in [0.29, 0.717) is 27.7 Å². The number of rotatable bonds is 6. The lowest BCUT2D eigenvalue weighted by atomic mass is 10.1. The minimum atomic E-state index is -0.446. The van der Waals surface area contributed by atoms with Gasteiger partial charge in [-0.15, -0.1) is 10.2 Å². The highest BCUT2D eigenvalue weighted by Crippen LogP contribution is 2.30. The first kappa shape index (κ1) is 18.7. The summed E-state index contributed by atoms with van der Waals surface area (Å²) in [5.41, 5.74) is 3.18. The molecule has 1 N–H and O–H groups in total. The van der Waals surface area contributed by atoms with Crippen molar-refractivity contribution in [1.29, 1.82) is 0 Å². The average molecular weight is 415 g/mol. The number of aryl methyl sites for hydroxylation is 1. The van der Waals surface area contributed by atoms with Crippen LogP contribution in [-0.4, -0.2) is 43.7 Å². The van der Waals surface area contributed by atoms with Gasteiger partial charge in [0.2, 0.25) is 4.96 Å². The number of H-pyrrole nitrogens is 1. The molecular formula is C19H18N4O3S2. The number of fused-ring (bicyclic) bond motifs is 3. The van der Waals surface area contributed by atoms with Crippen LogP contribution in [0.15, 0.2) is 29.4 Å². The summed E-state index contributed by atoms with van der Waals surface area (Å²) in [5, 5.41) is 9.13. The molecule has 9 heteroatoms. The first-order chi connectivity index (χ1) is 13.5. The second-order valence-corrected chi connectivity index (χ2v) is 8.18. The molecule has 0 radical (unpaired) electrons. The van der Waals surface area contributed by atoms with Crippen LogP contribution in [-0.2, 0) is 4.74 Å². The van der Waals surface area contributed by atoms with Crippen LogP contribution in [0.25, 0.3) is 15.2 Å². The molecule has 0 fully saturated rings. The van der Waals surface area contributed by atoms with Crippen molar-refractivity contribution in [3.05, 3.63) is 46.8 Å². The predicted molar refractivity (Wildman–Crippen MR) is 110 cm³/mol. The molecule has 7 nitrogen and oxygen atoms in total. The molecule has 0 spiro atoms. The average Bonchev–Trinajstić information content (AvgIpc) is 3.32. The molecule has 0 aliphatic heterocycles. The van der Waals surface area contributed by atoms with E-state index in [4.69, 9.17) is 4.74 Å². The van der Waals surface area contributed by atoms with E-state index in [0.717, 1.165) is 15.2 Å². The number of ether oxygens (including phenoxy) is 1. The molecule has 0 unspecified atom stereocenters. The minimum Gasteiger partial charge on any atom is -0.461 e. The number of carbonyl (C=O) groups is 2. The standard InChI is InChI=1S/C19H18N4O3S2/c1-4-26-17(25)16-10(2)15(11(3)20-16)13(24)9-27-18-21-22-19-23(18)12-7-5-6-8-14(12)28-19/h5-8,20H,4,9H2,1-3H3. The van der Waals surface area contributed by atoms with Gasteiger partial charge in [-0.1, -0.05) is 35.2 Å². The molecule has 0 amide bonds. The number of para-hydroxylation sites is 1. The van der Waals surface area contributed by atoms with Gasteiger partial charge in [0, 0.05) is 11.3 Å². The number of aromatic amines is 1. The van der Waals surface area contributed by atoms with Crippen LogP contribution in [0.4, 0.5) is 0 Å². The van der Waals surface area contributed by atoms with Gasteiger partial charge in [0.05, 0.1) is 22.6 Å². The Kier molecular flexibility index (Phi) is 4.94. The third-order valence-corrected chi connectivity index (χ3v) is 6.38. The van der Waals surface area contributed by atoms with Crippen molar-refractivity contribution in [3.63, 3.8) is 0 Å². The van der Waals surface area contributed by atoms with E-state index in [2.05, 4.69) is 15.2 Å². The van der Waals surface area contributed by atoms with Crippen LogP contribution in [0.3, 0.4) is 0 Å². The zero-order valence-electron chi connectivity index (χ0n) is 15.6. The molecule has 3 heterocycles. The molecule has 3 aromatic heterocycles. The van der Waals surface area contributed by atoms with Gasteiger partial charge in [-0.2, -0.15) is 0 Å². The molecule has 0 saturated carbocycles. The summed E-state index contributed by atoms with van der Waals surface area (Å²) in [6, 6.07) is 8.01. The molecule has 0 saturated heterocycles. The lowest BCUT2D eigenvalue weighted by Crippen LogP contribution is -2.08.